The van der Waals surface area contributed by atoms with Crippen LogP contribution in [-0.2, 0) is 12.7 Å². The number of hydroxylamine groups is 2. The van der Waals surface area contributed by atoms with Crippen LogP contribution >= 0.6 is 0 Å². The predicted molar refractivity (Wildman–Crippen MR) is 103 cm³/mol. The van der Waals surface area contributed by atoms with Crippen molar-refractivity contribution in [3.8, 4) is 0 Å². The third-order valence-electron chi connectivity index (χ3n) is 4.54. The molecule has 2 heterocycles. The van der Waals surface area contributed by atoms with Crippen molar-refractivity contribution in [3.63, 3.8) is 0 Å². The van der Waals surface area contributed by atoms with Crippen molar-refractivity contribution >= 4 is 18.0 Å². The van der Waals surface area contributed by atoms with Gasteiger partial charge >= 0.3 is 6.18 Å². The van der Waals surface area contributed by atoms with Gasteiger partial charge in [0.2, 0.25) is 5.96 Å². The molecule has 30 heavy (non-hydrogen) atoms. The van der Waals surface area contributed by atoms with Crippen molar-refractivity contribution in [2.24, 2.45) is 4.99 Å². The summed E-state index contributed by atoms with van der Waals surface area (Å²) in [7, 11) is 0. The summed E-state index contributed by atoms with van der Waals surface area (Å²) in [6, 6.07) is 8.25. The van der Waals surface area contributed by atoms with Gasteiger partial charge in [0.25, 0.3) is 0 Å². The Kier molecular flexibility index (Phi) is 6.50. The Bertz CT molecular complexity index is 877. The summed E-state index contributed by atoms with van der Waals surface area (Å²) in [5, 5.41) is 18.6. The third-order valence-corrected chi connectivity index (χ3v) is 4.54. The molecule has 1 aromatic carbocycles. The summed E-state index contributed by atoms with van der Waals surface area (Å²) in [5.74, 6) is -0.340. The molecule has 0 atom stereocenters. The van der Waals surface area contributed by atoms with E-state index >= 15 is 0 Å². The summed E-state index contributed by atoms with van der Waals surface area (Å²) in [5.41, 5.74) is 0.250. The van der Waals surface area contributed by atoms with Crippen molar-refractivity contribution in [2.75, 3.05) is 31.1 Å². The van der Waals surface area contributed by atoms with E-state index in [1.54, 1.807) is 17.0 Å². The average molecular weight is 424 g/mol. The molecule has 0 saturated carbocycles. The lowest BCUT2D eigenvalue weighted by Crippen LogP contribution is -2.48. The number of benzene rings is 1. The van der Waals surface area contributed by atoms with Gasteiger partial charge in [0.15, 0.2) is 0 Å². The number of aromatic nitrogens is 1. The van der Waals surface area contributed by atoms with Crippen LogP contribution in [-0.4, -0.2) is 58.6 Å². The number of alkyl halides is 3. The number of hydrogen-bond acceptors (Lipinski definition) is 4. The molecule has 0 radical (unpaired) electrons. The first-order chi connectivity index (χ1) is 14.2. The number of nitrogens with one attached hydrogen (secondary N) is 1. The lowest BCUT2D eigenvalue weighted by atomic mass is 10.2. The Morgan fingerprint density at radius 2 is 1.80 bits per heavy atom. The highest BCUT2D eigenvalue weighted by Gasteiger charge is 2.32. The van der Waals surface area contributed by atoms with Gasteiger partial charge in [-0.3, -0.25) is 15.6 Å². The molecule has 0 amide bonds. The Morgan fingerprint density at radius 3 is 2.37 bits per heavy atom. The van der Waals surface area contributed by atoms with E-state index in [9.17, 15) is 22.8 Å². The van der Waals surface area contributed by atoms with E-state index in [1.165, 1.54) is 18.2 Å². The molecule has 1 aliphatic heterocycles. The van der Waals surface area contributed by atoms with Crippen LogP contribution in [0.2, 0.25) is 0 Å². The van der Waals surface area contributed by atoms with Crippen LogP contribution in [0.1, 0.15) is 11.3 Å². The minimum Gasteiger partial charge on any atom is -0.368 e. The number of halogens is 4. The second-order valence-corrected chi connectivity index (χ2v) is 6.67. The summed E-state index contributed by atoms with van der Waals surface area (Å²) in [4.78, 5) is 11.0. The van der Waals surface area contributed by atoms with E-state index in [2.05, 4.69) is 14.9 Å². The Balaban J connectivity index is 1.48. The molecule has 160 valence electrons. The Hall–Kier alpha value is -3.21. The van der Waals surface area contributed by atoms with Gasteiger partial charge in [-0.25, -0.2) is 14.4 Å². The molecular weight excluding hydrogens is 404 g/mol. The SMILES string of the molecule is N=C(/N=C\N(O)Cc1ccc(C(F)(F)F)nc1)N1CCN(c2ccc(F)cc2)CC1. The van der Waals surface area contributed by atoms with Gasteiger partial charge < -0.3 is 9.80 Å². The number of nitrogens with zero attached hydrogens (tertiary/aromatic N) is 5. The molecule has 0 bridgehead atoms. The molecular formula is C19H20F4N6O. The monoisotopic (exact) mass is 424 g/mol. The summed E-state index contributed by atoms with van der Waals surface area (Å²) < 4.78 is 50.6. The molecule has 7 nitrogen and oxygen atoms in total. The topological polar surface area (TPSA) is 79.0 Å². The molecule has 2 N–H and O–H groups in total. The number of anilines is 1. The predicted octanol–water partition coefficient (Wildman–Crippen LogP) is 3.22. The van der Waals surface area contributed by atoms with Crippen molar-refractivity contribution in [1.82, 2.24) is 14.9 Å². The summed E-state index contributed by atoms with van der Waals surface area (Å²) >= 11 is 0. The number of rotatable bonds is 4. The third kappa shape index (κ3) is 5.66. The second-order valence-electron chi connectivity index (χ2n) is 6.67. The second kappa shape index (κ2) is 9.08. The minimum atomic E-state index is -4.52. The van der Waals surface area contributed by atoms with Crippen LogP contribution in [0.4, 0.5) is 23.2 Å². The highest BCUT2D eigenvalue weighted by atomic mass is 19.4. The van der Waals surface area contributed by atoms with Crippen LogP contribution in [0.15, 0.2) is 47.6 Å². The van der Waals surface area contributed by atoms with Gasteiger partial charge in [0.05, 0.1) is 6.54 Å². The number of hydrogen-bond donors (Lipinski definition) is 2. The van der Waals surface area contributed by atoms with Crippen LogP contribution < -0.4 is 4.90 Å². The molecule has 3 rings (SSSR count). The van der Waals surface area contributed by atoms with E-state index in [0.29, 0.717) is 36.8 Å². The van der Waals surface area contributed by atoms with Gasteiger partial charge in [0, 0.05) is 38.1 Å². The molecule has 0 aliphatic carbocycles. The number of pyridine rings is 1. The maximum absolute atomic E-state index is 13.0. The zero-order valence-electron chi connectivity index (χ0n) is 15.8. The molecule has 1 aromatic heterocycles. The molecule has 1 aliphatic rings. The van der Waals surface area contributed by atoms with E-state index < -0.39 is 11.9 Å². The maximum atomic E-state index is 13.0. The quantitative estimate of drug-likeness (QED) is 0.341. The van der Waals surface area contributed by atoms with Gasteiger partial charge in [-0.05, 0) is 35.9 Å². The number of aliphatic imine (C=N–C) groups is 1. The minimum absolute atomic E-state index is 0.0432. The van der Waals surface area contributed by atoms with E-state index in [4.69, 9.17) is 5.41 Å². The van der Waals surface area contributed by atoms with E-state index in [1.807, 2.05) is 0 Å². The highest BCUT2D eigenvalue weighted by Crippen LogP contribution is 2.27. The molecule has 1 fully saturated rings. The maximum Gasteiger partial charge on any atom is 0.433 e. The summed E-state index contributed by atoms with van der Waals surface area (Å²) in [6.07, 6.45) is -2.46. The van der Waals surface area contributed by atoms with Gasteiger partial charge in [0.1, 0.15) is 17.8 Å². The van der Waals surface area contributed by atoms with Crippen molar-refractivity contribution in [2.45, 2.75) is 12.7 Å². The zero-order valence-corrected chi connectivity index (χ0v) is 15.8. The first kappa shape index (κ1) is 21.5. The van der Waals surface area contributed by atoms with Crippen molar-refractivity contribution < 1.29 is 22.8 Å². The number of piperazine rings is 1. The van der Waals surface area contributed by atoms with Crippen molar-refractivity contribution in [3.05, 3.63) is 59.7 Å². The fraction of sp³-hybridized carbons (Fsp3) is 0.316. The lowest BCUT2D eigenvalue weighted by Gasteiger charge is -2.36. The Morgan fingerprint density at radius 1 is 1.13 bits per heavy atom. The summed E-state index contributed by atoms with van der Waals surface area (Å²) in [6.45, 7) is 2.19. The van der Waals surface area contributed by atoms with Crippen LogP contribution in [0, 0.1) is 11.2 Å². The first-order valence-corrected chi connectivity index (χ1v) is 9.08. The van der Waals surface area contributed by atoms with Crippen LogP contribution in [0.5, 0.6) is 0 Å². The normalized spacial score (nSPS) is 15.0. The molecule has 0 spiro atoms. The van der Waals surface area contributed by atoms with Gasteiger partial charge in [-0.15, -0.1) is 0 Å². The fourth-order valence-corrected chi connectivity index (χ4v) is 2.94. The fourth-order valence-electron chi connectivity index (χ4n) is 2.94. The zero-order chi connectivity index (χ0) is 21.7. The van der Waals surface area contributed by atoms with E-state index in [0.717, 1.165) is 24.3 Å². The molecule has 1 saturated heterocycles. The average Bonchev–Trinajstić information content (AvgIpc) is 2.72. The standard InChI is InChI=1S/C19H20F4N6O/c20-15-2-4-16(5-3-15)27-7-9-28(10-8-27)18(24)26-13-29(30)12-14-1-6-17(25-11-14)19(21,22)23/h1-6,11,13,24,30H,7-10,12H2/b24-18?,26-13-. The highest BCUT2D eigenvalue weighted by molar-refractivity contribution is 5.84. The van der Waals surface area contributed by atoms with E-state index in [-0.39, 0.29) is 18.3 Å². The van der Waals surface area contributed by atoms with Gasteiger partial charge in [-0.2, -0.15) is 13.2 Å². The molecule has 2 aromatic rings. The number of guanidine groups is 1. The largest absolute Gasteiger partial charge is 0.433 e. The van der Waals surface area contributed by atoms with Gasteiger partial charge in [-0.1, -0.05) is 6.07 Å². The Labute approximate surface area is 170 Å². The molecule has 11 heteroatoms. The smallest absolute Gasteiger partial charge is 0.368 e. The lowest BCUT2D eigenvalue weighted by molar-refractivity contribution is -0.141. The first-order valence-electron chi connectivity index (χ1n) is 9.08. The molecule has 0 unspecified atom stereocenters. The van der Waals surface area contributed by atoms with Crippen LogP contribution in [0.3, 0.4) is 0 Å². The van der Waals surface area contributed by atoms with Crippen molar-refractivity contribution in [1.29, 1.82) is 5.41 Å². The van der Waals surface area contributed by atoms with Crippen LogP contribution in [0.25, 0.3) is 0 Å².